The highest BCUT2D eigenvalue weighted by Crippen LogP contribution is 2.35. The van der Waals surface area contributed by atoms with Crippen molar-refractivity contribution in [2.75, 3.05) is 54.3 Å². The van der Waals surface area contributed by atoms with Crippen LogP contribution in [0.5, 0.6) is 11.6 Å². The first-order chi connectivity index (χ1) is 17.9. The van der Waals surface area contributed by atoms with E-state index in [4.69, 9.17) is 9.47 Å². The van der Waals surface area contributed by atoms with Crippen molar-refractivity contribution in [1.29, 1.82) is 0 Å². The zero-order valence-electron chi connectivity index (χ0n) is 20.9. The number of anilines is 3. The van der Waals surface area contributed by atoms with Crippen molar-refractivity contribution in [3.63, 3.8) is 0 Å². The summed E-state index contributed by atoms with van der Waals surface area (Å²) in [5, 5.41) is 0. The predicted molar refractivity (Wildman–Crippen MR) is 144 cm³/mol. The Bertz CT molecular complexity index is 1330. The molecule has 37 heavy (non-hydrogen) atoms. The summed E-state index contributed by atoms with van der Waals surface area (Å²) in [5.74, 6) is 3.59. The van der Waals surface area contributed by atoms with E-state index in [0.29, 0.717) is 29.1 Å². The molecule has 5 rings (SSSR count). The van der Waals surface area contributed by atoms with E-state index >= 15 is 0 Å². The molecule has 1 fully saturated rings. The normalized spacial score (nSPS) is 16.1. The first-order valence-electron chi connectivity index (χ1n) is 12.2. The van der Waals surface area contributed by atoms with Crippen LogP contribution < -0.4 is 19.3 Å². The fraction of sp³-hybridized carbons (Fsp3) is 0.440. The van der Waals surface area contributed by atoms with Gasteiger partial charge < -0.3 is 19.3 Å². The van der Waals surface area contributed by atoms with Gasteiger partial charge in [-0.2, -0.15) is 11.8 Å². The van der Waals surface area contributed by atoms with Crippen LogP contribution in [-0.4, -0.2) is 79.0 Å². The van der Waals surface area contributed by atoms with Crippen LogP contribution in [0.2, 0.25) is 0 Å². The van der Waals surface area contributed by atoms with Crippen molar-refractivity contribution >= 4 is 39.1 Å². The van der Waals surface area contributed by atoms with Crippen molar-refractivity contribution in [2.45, 2.75) is 30.3 Å². The van der Waals surface area contributed by atoms with Gasteiger partial charge in [-0.25, -0.2) is 28.4 Å². The number of fused-ring (bicyclic) bond motifs is 1. The first kappa shape index (κ1) is 25.5. The Morgan fingerprint density at radius 3 is 2.57 bits per heavy atom. The molecule has 4 heterocycles. The molecule has 0 amide bonds. The van der Waals surface area contributed by atoms with Crippen LogP contribution in [0.4, 0.5) is 17.5 Å². The van der Waals surface area contributed by atoms with Crippen LogP contribution >= 0.6 is 11.8 Å². The van der Waals surface area contributed by atoms with Crippen LogP contribution in [0.1, 0.15) is 18.4 Å². The summed E-state index contributed by atoms with van der Waals surface area (Å²) in [6, 6.07) is 7.11. The molecule has 2 aliphatic heterocycles. The Hall–Kier alpha value is -3.12. The van der Waals surface area contributed by atoms with Crippen LogP contribution in [0.15, 0.2) is 47.9 Å². The van der Waals surface area contributed by atoms with E-state index in [0.717, 1.165) is 61.7 Å². The van der Waals surface area contributed by atoms with Gasteiger partial charge >= 0.3 is 0 Å². The molecular formula is C25H30N6O4S2. The molecule has 0 spiro atoms. The van der Waals surface area contributed by atoms with Gasteiger partial charge in [-0.3, -0.25) is 0 Å². The number of aromatic nitrogens is 4. The Kier molecular flexibility index (Phi) is 7.65. The number of sulfone groups is 1. The Balaban J connectivity index is 1.18. The summed E-state index contributed by atoms with van der Waals surface area (Å²) >= 11 is 1.74. The fourth-order valence-corrected chi connectivity index (χ4v) is 5.44. The second kappa shape index (κ2) is 11.1. The zero-order valence-corrected chi connectivity index (χ0v) is 22.5. The SMILES string of the molecule is CSCCOc1cnc(N2CCC(Oc3cc(N4CCc5cc(S(C)(=O)=O)ccc54)ncn3)CC2)nc1. The van der Waals surface area contributed by atoms with Gasteiger partial charge in [0.05, 0.1) is 23.9 Å². The quantitative estimate of drug-likeness (QED) is 0.372. The lowest BCUT2D eigenvalue weighted by Gasteiger charge is -2.32. The maximum atomic E-state index is 11.9. The van der Waals surface area contributed by atoms with E-state index in [2.05, 4.69) is 29.7 Å². The minimum atomic E-state index is -3.24. The van der Waals surface area contributed by atoms with Crippen molar-refractivity contribution in [1.82, 2.24) is 19.9 Å². The summed E-state index contributed by atoms with van der Waals surface area (Å²) in [6.45, 7) is 2.94. The van der Waals surface area contributed by atoms with Gasteiger partial charge in [0, 0.05) is 56.2 Å². The van der Waals surface area contributed by atoms with Crippen LogP contribution in [0, 0.1) is 0 Å². The minimum Gasteiger partial charge on any atom is -0.489 e. The molecule has 0 atom stereocenters. The van der Waals surface area contributed by atoms with Crippen molar-refractivity contribution in [3.05, 3.63) is 48.5 Å². The molecule has 0 bridgehead atoms. The predicted octanol–water partition coefficient (Wildman–Crippen LogP) is 3.15. The summed E-state index contributed by atoms with van der Waals surface area (Å²) in [6.07, 6.45) is 10.7. The molecule has 1 aromatic carbocycles. The molecule has 0 N–H and O–H groups in total. The number of hydrogen-bond donors (Lipinski definition) is 0. The number of thioether (sulfide) groups is 1. The molecule has 0 unspecified atom stereocenters. The number of rotatable bonds is 9. The first-order valence-corrected chi connectivity index (χ1v) is 15.5. The van der Waals surface area contributed by atoms with Gasteiger partial charge in [0.15, 0.2) is 15.6 Å². The zero-order chi connectivity index (χ0) is 25.8. The molecule has 0 aliphatic carbocycles. The van der Waals surface area contributed by atoms with E-state index in [1.807, 2.05) is 18.4 Å². The van der Waals surface area contributed by atoms with Crippen LogP contribution in [-0.2, 0) is 16.3 Å². The van der Waals surface area contributed by atoms with Crippen molar-refractivity contribution in [2.24, 2.45) is 0 Å². The molecule has 196 valence electrons. The maximum Gasteiger partial charge on any atom is 0.225 e. The van der Waals surface area contributed by atoms with E-state index < -0.39 is 9.84 Å². The van der Waals surface area contributed by atoms with E-state index in [9.17, 15) is 8.42 Å². The number of benzene rings is 1. The highest BCUT2D eigenvalue weighted by Gasteiger charge is 2.26. The minimum absolute atomic E-state index is 0.0383. The van der Waals surface area contributed by atoms with Crippen LogP contribution in [0.25, 0.3) is 0 Å². The van der Waals surface area contributed by atoms with E-state index in [-0.39, 0.29) is 6.10 Å². The Morgan fingerprint density at radius 1 is 1.05 bits per heavy atom. The van der Waals surface area contributed by atoms with Gasteiger partial charge in [0.2, 0.25) is 11.8 Å². The molecule has 3 aromatic rings. The highest BCUT2D eigenvalue weighted by atomic mass is 32.2. The van der Waals surface area contributed by atoms with Crippen molar-refractivity contribution < 1.29 is 17.9 Å². The molecular weight excluding hydrogens is 512 g/mol. The lowest BCUT2D eigenvalue weighted by molar-refractivity contribution is 0.163. The summed E-state index contributed by atoms with van der Waals surface area (Å²) in [5.41, 5.74) is 1.96. The largest absolute Gasteiger partial charge is 0.489 e. The monoisotopic (exact) mass is 542 g/mol. The third-order valence-corrected chi connectivity index (χ3v) is 8.15. The van der Waals surface area contributed by atoms with E-state index in [1.165, 1.54) is 12.6 Å². The Morgan fingerprint density at radius 2 is 1.84 bits per heavy atom. The van der Waals surface area contributed by atoms with Gasteiger partial charge in [-0.05, 0) is 36.4 Å². The lowest BCUT2D eigenvalue weighted by Crippen LogP contribution is -2.39. The third-order valence-electron chi connectivity index (χ3n) is 6.46. The fourth-order valence-electron chi connectivity index (χ4n) is 4.52. The maximum absolute atomic E-state index is 11.9. The van der Waals surface area contributed by atoms with Gasteiger partial charge in [-0.15, -0.1) is 0 Å². The number of ether oxygens (including phenoxy) is 2. The second-order valence-corrected chi connectivity index (χ2v) is 12.0. The molecule has 10 nitrogen and oxygen atoms in total. The number of piperidine rings is 1. The third kappa shape index (κ3) is 6.07. The molecule has 0 radical (unpaired) electrons. The van der Waals surface area contributed by atoms with Crippen LogP contribution in [0.3, 0.4) is 0 Å². The molecule has 1 saturated heterocycles. The lowest BCUT2D eigenvalue weighted by atomic mass is 10.1. The molecule has 12 heteroatoms. The summed E-state index contributed by atoms with van der Waals surface area (Å²) in [4.78, 5) is 22.3. The smallest absolute Gasteiger partial charge is 0.225 e. The van der Waals surface area contributed by atoms with Gasteiger partial charge in [0.25, 0.3) is 0 Å². The van der Waals surface area contributed by atoms with Crippen molar-refractivity contribution in [3.8, 4) is 11.6 Å². The molecule has 0 saturated carbocycles. The molecule has 2 aliphatic rings. The highest BCUT2D eigenvalue weighted by molar-refractivity contribution is 7.98. The Labute approximate surface area is 221 Å². The number of hydrogen-bond acceptors (Lipinski definition) is 11. The second-order valence-electron chi connectivity index (χ2n) is 9.04. The molecule has 2 aromatic heterocycles. The van der Waals surface area contributed by atoms with Gasteiger partial charge in [-0.1, -0.05) is 0 Å². The average Bonchev–Trinajstić information content (AvgIpc) is 3.33. The summed E-state index contributed by atoms with van der Waals surface area (Å²) in [7, 11) is -3.24. The topological polar surface area (TPSA) is 111 Å². The standard InChI is InChI=1S/C25H30N6O4S2/c1-36-12-11-34-20-15-26-25(27-16-20)30-8-6-19(7-9-30)35-24-14-23(28-17-29-24)31-10-5-18-13-21(37(2,32)33)3-4-22(18)31/h3-4,13-17,19H,5-12H2,1-2H3. The summed E-state index contributed by atoms with van der Waals surface area (Å²) < 4.78 is 35.7. The van der Waals surface area contributed by atoms with E-state index in [1.54, 1.807) is 36.3 Å². The number of nitrogens with zero attached hydrogens (tertiary/aromatic N) is 6. The average molecular weight is 543 g/mol. The van der Waals surface area contributed by atoms with Gasteiger partial charge in [0.1, 0.15) is 18.2 Å².